The minimum absolute atomic E-state index is 0. The number of rotatable bonds is 1. The fourth-order valence-electron chi connectivity index (χ4n) is 5.06. The number of hydrogen-bond donors (Lipinski definition) is 1. The highest BCUT2D eigenvalue weighted by Gasteiger charge is 2.56. The minimum atomic E-state index is 0. The SMILES string of the molecule is Cl.O=C(C1C2CCCCC21)N1CCC2(CCNCC2)C1. The van der Waals surface area contributed by atoms with E-state index in [-0.39, 0.29) is 12.4 Å². The lowest BCUT2D eigenvalue weighted by Crippen LogP contribution is -2.40. The Morgan fingerprint density at radius 1 is 1.05 bits per heavy atom. The molecule has 2 saturated heterocycles. The minimum Gasteiger partial charge on any atom is -0.342 e. The van der Waals surface area contributed by atoms with Crippen LogP contribution in [0.1, 0.15) is 44.9 Å². The number of amides is 1. The number of carbonyl (C=O) groups is 1. The predicted octanol–water partition coefficient (Wildman–Crippen LogP) is 2.45. The highest BCUT2D eigenvalue weighted by atomic mass is 35.5. The number of nitrogens with zero attached hydrogens (tertiary/aromatic N) is 1. The van der Waals surface area contributed by atoms with E-state index in [9.17, 15) is 4.79 Å². The second-order valence-electron chi connectivity index (χ2n) is 7.40. The number of hydrogen-bond acceptors (Lipinski definition) is 2. The summed E-state index contributed by atoms with van der Waals surface area (Å²) in [5.41, 5.74) is 0.473. The first-order valence-corrected chi connectivity index (χ1v) is 8.29. The fourth-order valence-corrected chi connectivity index (χ4v) is 5.06. The molecule has 3 nitrogen and oxygen atoms in total. The molecule has 4 heteroatoms. The van der Waals surface area contributed by atoms with Gasteiger partial charge in [-0.15, -0.1) is 12.4 Å². The molecule has 0 bridgehead atoms. The largest absolute Gasteiger partial charge is 0.342 e. The van der Waals surface area contributed by atoms with Crippen molar-refractivity contribution in [3.8, 4) is 0 Å². The van der Waals surface area contributed by atoms with E-state index in [1.807, 2.05) is 0 Å². The van der Waals surface area contributed by atoms with Crippen molar-refractivity contribution >= 4 is 18.3 Å². The summed E-state index contributed by atoms with van der Waals surface area (Å²) in [5.74, 6) is 2.49. The molecule has 2 aliphatic carbocycles. The summed E-state index contributed by atoms with van der Waals surface area (Å²) < 4.78 is 0. The molecule has 20 heavy (non-hydrogen) atoms. The maximum absolute atomic E-state index is 12.7. The molecule has 2 saturated carbocycles. The Kier molecular flexibility index (Phi) is 4.02. The molecule has 2 heterocycles. The third-order valence-corrected chi connectivity index (χ3v) is 6.36. The molecule has 0 aromatic rings. The number of carbonyl (C=O) groups excluding carboxylic acids is 1. The van der Waals surface area contributed by atoms with Gasteiger partial charge >= 0.3 is 0 Å². The number of piperidine rings is 1. The Bertz CT molecular complexity index is 369. The first kappa shape index (κ1) is 14.6. The van der Waals surface area contributed by atoms with E-state index in [1.54, 1.807) is 0 Å². The van der Waals surface area contributed by atoms with Crippen LogP contribution in [0.15, 0.2) is 0 Å². The Morgan fingerprint density at radius 3 is 2.35 bits per heavy atom. The number of likely N-dealkylation sites (tertiary alicyclic amines) is 1. The fraction of sp³-hybridized carbons (Fsp3) is 0.938. The topological polar surface area (TPSA) is 32.3 Å². The van der Waals surface area contributed by atoms with Gasteiger partial charge in [-0.2, -0.15) is 0 Å². The van der Waals surface area contributed by atoms with E-state index < -0.39 is 0 Å². The van der Waals surface area contributed by atoms with Gasteiger partial charge in [0.05, 0.1) is 0 Å². The second-order valence-corrected chi connectivity index (χ2v) is 7.40. The molecule has 4 aliphatic rings. The zero-order valence-corrected chi connectivity index (χ0v) is 13.1. The summed E-state index contributed by atoms with van der Waals surface area (Å²) in [4.78, 5) is 14.9. The Hall–Kier alpha value is -0.280. The number of halogens is 1. The maximum atomic E-state index is 12.7. The summed E-state index contributed by atoms with van der Waals surface area (Å²) >= 11 is 0. The van der Waals surface area contributed by atoms with Crippen LogP contribution in [0.4, 0.5) is 0 Å². The molecule has 2 atom stereocenters. The van der Waals surface area contributed by atoms with Gasteiger partial charge in [0.15, 0.2) is 0 Å². The van der Waals surface area contributed by atoms with Crippen LogP contribution in [-0.2, 0) is 4.79 Å². The lowest BCUT2D eigenvalue weighted by atomic mass is 9.78. The van der Waals surface area contributed by atoms with Crippen LogP contribution in [-0.4, -0.2) is 37.0 Å². The monoisotopic (exact) mass is 298 g/mol. The van der Waals surface area contributed by atoms with Gasteiger partial charge in [-0.1, -0.05) is 12.8 Å². The van der Waals surface area contributed by atoms with E-state index in [0.29, 0.717) is 17.2 Å². The van der Waals surface area contributed by atoms with E-state index >= 15 is 0 Å². The molecular formula is C16H27ClN2O. The zero-order valence-electron chi connectivity index (χ0n) is 12.3. The highest BCUT2D eigenvalue weighted by molar-refractivity contribution is 5.85. The summed E-state index contributed by atoms with van der Waals surface area (Å²) in [7, 11) is 0. The van der Waals surface area contributed by atoms with Crippen molar-refractivity contribution in [1.29, 1.82) is 0 Å². The second kappa shape index (κ2) is 5.49. The van der Waals surface area contributed by atoms with Crippen molar-refractivity contribution in [1.82, 2.24) is 10.2 Å². The Balaban J connectivity index is 0.00000121. The van der Waals surface area contributed by atoms with E-state index in [2.05, 4.69) is 10.2 Å². The number of nitrogens with one attached hydrogen (secondary N) is 1. The Morgan fingerprint density at radius 2 is 1.70 bits per heavy atom. The van der Waals surface area contributed by atoms with Crippen molar-refractivity contribution in [2.75, 3.05) is 26.2 Å². The van der Waals surface area contributed by atoms with Crippen LogP contribution in [0, 0.1) is 23.2 Å². The van der Waals surface area contributed by atoms with Crippen molar-refractivity contribution in [2.24, 2.45) is 23.2 Å². The average molecular weight is 299 g/mol. The standard InChI is InChI=1S/C16H26N2O.ClH/c19-15(14-12-3-1-2-4-13(12)14)18-10-7-16(11-18)5-8-17-9-6-16;/h12-14,17H,1-11H2;1H. The van der Waals surface area contributed by atoms with Crippen molar-refractivity contribution < 1.29 is 4.79 Å². The van der Waals surface area contributed by atoms with Crippen LogP contribution in [0.25, 0.3) is 0 Å². The molecular weight excluding hydrogens is 272 g/mol. The molecule has 1 amide bonds. The molecule has 2 aliphatic heterocycles. The van der Waals surface area contributed by atoms with E-state index in [4.69, 9.17) is 0 Å². The van der Waals surface area contributed by atoms with Crippen molar-refractivity contribution in [3.63, 3.8) is 0 Å². The maximum Gasteiger partial charge on any atom is 0.226 e. The van der Waals surface area contributed by atoms with Crippen molar-refractivity contribution in [3.05, 3.63) is 0 Å². The van der Waals surface area contributed by atoms with Crippen LogP contribution in [0.3, 0.4) is 0 Å². The van der Waals surface area contributed by atoms with E-state index in [1.165, 1.54) is 44.9 Å². The molecule has 4 fully saturated rings. The zero-order chi connectivity index (χ0) is 12.9. The van der Waals surface area contributed by atoms with Crippen LogP contribution in [0.5, 0.6) is 0 Å². The molecule has 4 rings (SSSR count). The van der Waals surface area contributed by atoms with Crippen LogP contribution >= 0.6 is 12.4 Å². The lowest BCUT2D eigenvalue weighted by Gasteiger charge is -2.33. The smallest absolute Gasteiger partial charge is 0.226 e. The molecule has 0 radical (unpaired) electrons. The molecule has 114 valence electrons. The van der Waals surface area contributed by atoms with Gasteiger partial charge < -0.3 is 10.2 Å². The first-order valence-electron chi connectivity index (χ1n) is 8.29. The molecule has 1 N–H and O–H groups in total. The van der Waals surface area contributed by atoms with Gasteiger partial charge in [-0.05, 0) is 62.4 Å². The van der Waals surface area contributed by atoms with Gasteiger partial charge in [0, 0.05) is 19.0 Å². The quantitative estimate of drug-likeness (QED) is 0.806. The molecule has 1 spiro atoms. The summed E-state index contributed by atoms with van der Waals surface area (Å²) in [6.45, 7) is 4.39. The third-order valence-electron chi connectivity index (χ3n) is 6.36. The molecule has 0 aromatic heterocycles. The van der Waals surface area contributed by atoms with Crippen molar-refractivity contribution in [2.45, 2.75) is 44.9 Å². The average Bonchev–Trinajstić information content (AvgIpc) is 3.05. The third kappa shape index (κ3) is 2.37. The van der Waals surface area contributed by atoms with Gasteiger partial charge in [0.2, 0.25) is 5.91 Å². The van der Waals surface area contributed by atoms with Gasteiger partial charge in [-0.25, -0.2) is 0 Å². The van der Waals surface area contributed by atoms with Gasteiger partial charge in [0.1, 0.15) is 0 Å². The lowest BCUT2D eigenvalue weighted by molar-refractivity contribution is -0.132. The molecule has 2 unspecified atom stereocenters. The summed E-state index contributed by atoms with van der Waals surface area (Å²) in [6.07, 6.45) is 9.17. The number of fused-ring (bicyclic) bond motifs is 1. The predicted molar refractivity (Wildman–Crippen MR) is 81.9 cm³/mol. The summed E-state index contributed by atoms with van der Waals surface area (Å²) in [5, 5.41) is 3.45. The van der Waals surface area contributed by atoms with E-state index in [0.717, 1.165) is 38.0 Å². The highest BCUT2D eigenvalue weighted by Crippen LogP contribution is 2.56. The van der Waals surface area contributed by atoms with Crippen LogP contribution in [0.2, 0.25) is 0 Å². The van der Waals surface area contributed by atoms with Gasteiger partial charge in [-0.3, -0.25) is 4.79 Å². The van der Waals surface area contributed by atoms with Gasteiger partial charge in [0.25, 0.3) is 0 Å². The summed E-state index contributed by atoms with van der Waals surface area (Å²) in [6, 6.07) is 0. The Labute approximate surface area is 128 Å². The molecule has 0 aromatic carbocycles. The van der Waals surface area contributed by atoms with Crippen LogP contribution < -0.4 is 5.32 Å². The normalized spacial score (nSPS) is 38.2. The first-order chi connectivity index (χ1) is 9.29.